The van der Waals surface area contributed by atoms with Gasteiger partial charge >= 0.3 is 5.97 Å². The molecule has 0 fully saturated rings. The summed E-state index contributed by atoms with van der Waals surface area (Å²) in [6, 6.07) is 0.0821. The molecule has 0 aliphatic carbocycles. The molecule has 0 saturated heterocycles. The van der Waals surface area contributed by atoms with Crippen LogP contribution in [-0.2, 0) is 9.59 Å². The summed E-state index contributed by atoms with van der Waals surface area (Å²) in [5.41, 5.74) is 5.40. The van der Waals surface area contributed by atoms with Gasteiger partial charge in [-0.3, -0.25) is 9.59 Å². The zero-order valence-corrected chi connectivity index (χ0v) is 11.6. The highest BCUT2D eigenvalue weighted by Gasteiger charge is 2.15. The second-order valence-electron chi connectivity index (χ2n) is 5.06. The molecule has 0 aliphatic heterocycles. The summed E-state index contributed by atoms with van der Waals surface area (Å²) in [4.78, 5) is 22.3. The monoisotopic (exact) mass is 258 g/mol. The number of hydrogen-bond acceptors (Lipinski definition) is 3. The third-order valence-electron chi connectivity index (χ3n) is 3.13. The van der Waals surface area contributed by atoms with Crippen LogP contribution in [0.15, 0.2) is 0 Å². The quantitative estimate of drug-likeness (QED) is 0.582. The average molecular weight is 258 g/mol. The van der Waals surface area contributed by atoms with Crippen molar-refractivity contribution in [1.82, 2.24) is 5.32 Å². The van der Waals surface area contributed by atoms with Crippen molar-refractivity contribution in [2.24, 2.45) is 17.6 Å². The Bertz CT molecular complexity index is 269. The lowest BCUT2D eigenvalue weighted by atomic mass is 10.0. The number of carbonyl (C=O) groups is 2. The van der Waals surface area contributed by atoms with Crippen molar-refractivity contribution in [3.05, 3.63) is 0 Å². The Morgan fingerprint density at radius 1 is 1.11 bits per heavy atom. The molecular formula is C13H26N2O3. The van der Waals surface area contributed by atoms with E-state index in [1.54, 1.807) is 6.92 Å². The largest absolute Gasteiger partial charge is 0.481 e. The molecule has 0 rings (SSSR count). The number of nitrogens with two attached hydrogens (primary N) is 1. The fourth-order valence-corrected chi connectivity index (χ4v) is 1.69. The summed E-state index contributed by atoms with van der Waals surface area (Å²) in [6.07, 6.45) is 2.95. The molecular weight excluding hydrogens is 232 g/mol. The van der Waals surface area contributed by atoms with E-state index in [-0.39, 0.29) is 23.8 Å². The van der Waals surface area contributed by atoms with Crippen molar-refractivity contribution in [3.8, 4) is 0 Å². The molecule has 0 aromatic carbocycles. The number of hydrogen-bond donors (Lipinski definition) is 3. The molecule has 0 aromatic heterocycles. The van der Waals surface area contributed by atoms with Gasteiger partial charge in [-0.05, 0) is 32.7 Å². The third kappa shape index (κ3) is 7.27. The fraction of sp³-hybridized carbons (Fsp3) is 0.846. The maximum atomic E-state index is 11.7. The molecule has 3 unspecified atom stereocenters. The van der Waals surface area contributed by atoms with Crippen molar-refractivity contribution in [3.63, 3.8) is 0 Å². The molecule has 0 spiro atoms. The molecule has 0 aromatic rings. The van der Waals surface area contributed by atoms with Crippen LogP contribution in [0, 0.1) is 11.8 Å². The molecule has 4 N–H and O–H groups in total. The van der Waals surface area contributed by atoms with Crippen LogP contribution >= 0.6 is 0 Å². The van der Waals surface area contributed by atoms with E-state index in [9.17, 15) is 9.59 Å². The highest BCUT2D eigenvalue weighted by atomic mass is 16.4. The Hall–Kier alpha value is -1.10. The lowest BCUT2D eigenvalue weighted by Crippen LogP contribution is -2.37. The topological polar surface area (TPSA) is 92.4 Å². The molecule has 18 heavy (non-hydrogen) atoms. The summed E-state index contributed by atoms with van der Waals surface area (Å²) >= 11 is 0. The Labute approximate surface area is 109 Å². The molecule has 106 valence electrons. The second-order valence-corrected chi connectivity index (χ2v) is 5.06. The predicted octanol–water partition coefficient (Wildman–Crippen LogP) is 1.37. The molecule has 0 bridgehead atoms. The first-order valence-corrected chi connectivity index (χ1v) is 6.61. The summed E-state index contributed by atoms with van der Waals surface area (Å²) in [5.74, 6) is -1.11. The van der Waals surface area contributed by atoms with Crippen molar-refractivity contribution < 1.29 is 14.7 Å². The van der Waals surface area contributed by atoms with Gasteiger partial charge in [0.05, 0.1) is 5.92 Å². The number of carboxylic acid groups (broad SMARTS) is 1. The van der Waals surface area contributed by atoms with Crippen molar-refractivity contribution in [2.75, 3.05) is 6.54 Å². The van der Waals surface area contributed by atoms with Gasteiger partial charge in [0.25, 0.3) is 0 Å². The standard InChI is InChI=1S/C13H26N2O3/c1-9(7-8-14)12(16)15-11(3)6-4-5-10(2)13(17)18/h9-11H,4-8,14H2,1-3H3,(H,15,16)(H,17,18). The number of nitrogens with one attached hydrogen (secondary N) is 1. The number of carboxylic acids is 1. The van der Waals surface area contributed by atoms with Crippen LogP contribution in [0.5, 0.6) is 0 Å². The first-order chi connectivity index (χ1) is 8.38. The van der Waals surface area contributed by atoms with E-state index < -0.39 is 5.97 Å². The predicted molar refractivity (Wildman–Crippen MR) is 71.1 cm³/mol. The van der Waals surface area contributed by atoms with Crippen LogP contribution in [-0.4, -0.2) is 29.6 Å². The van der Waals surface area contributed by atoms with Gasteiger partial charge in [0.1, 0.15) is 0 Å². The third-order valence-corrected chi connectivity index (χ3v) is 3.13. The van der Waals surface area contributed by atoms with Gasteiger partial charge in [-0.15, -0.1) is 0 Å². The summed E-state index contributed by atoms with van der Waals surface area (Å²) in [6.45, 7) is 6.02. The number of aliphatic carboxylic acids is 1. The number of rotatable bonds is 9. The fourth-order valence-electron chi connectivity index (χ4n) is 1.69. The van der Waals surface area contributed by atoms with Gasteiger partial charge < -0.3 is 16.2 Å². The first-order valence-electron chi connectivity index (χ1n) is 6.61. The van der Waals surface area contributed by atoms with E-state index in [1.165, 1.54) is 0 Å². The lowest BCUT2D eigenvalue weighted by Gasteiger charge is -2.17. The molecule has 5 nitrogen and oxygen atoms in total. The van der Waals surface area contributed by atoms with E-state index in [0.29, 0.717) is 19.4 Å². The molecule has 3 atom stereocenters. The average Bonchev–Trinajstić information content (AvgIpc) is 2.28. The number of amides is 1. The van der Waals surface area contributed by atoms with Crippen molar-refractivity contribution in [1.29, 1.82) is 0 Å². The zero-order chi connectivity index (χ0) is 14.1. The Morgan fingerprint density at radius 2 is 1.72 bits per heavy atom. The van der Waals surface area contributed by atoms with Gasteiger partial charge in [0.15, 0.2) is 0 Å². The van der Waals surface area contributed by atoms with Crippen LogP contribution < -0.4 is 11.1 Å². The number of carbonyl (C=O) groups excluding carboxylic acids is 1. The Morgan fingerprint density at radius 3 is 2.22 bits per heavy atom. The van der Waals surface area contributed by atoms with E-state index in [2.05, 4.69) is 5.32 Å². The van der Waals surface area contributed by atoms with Gasteiger partial charge in [-0.25, -0.2) is 0 Å². The van der Waals surface area contributed by atoms with E-state index in [0.717, 1.165) is 12.8 Å². The Kier molecular flexibility index (Phi) is 8.37. The molecule has 5 heteroatoms. The van der Waals surface area contributed by atoms with E-state index >= 15 is 0 Å². The SMILES string of the molecule is CC(CCCC(C)C(=O)O)NC(=O)C(C)CCN. The molecule has 0 radical (unpaired) electrons. The van der Waals surface area contributed by atoms with Gasteiger partial charge in [-0.1, -0.05) is 20.3 Å². The summed E-state index contributed by atoms with van der Waals surface area (Å²) in [5, 5.41) is 11.7. The minimum Gasteiger partial charge on any atom is -0.481 e. The normalized spacial score (nSPS) is 15.8. The molecule has 0 aliphatic rings. The van der Waals surface area contributed by atoms with Crippen LogP contribution in [0.1, 0.15) is 46.5 Å². The first kappa shape index (κ1) is 16.9. The maximum absolute atomic E-state index is 11.7. The van der Waals surface area contributed by atoms with Crippen LogP contribution in [0.2, 0.25) is 0 Å². The minimum atomic E-state index is -0.761. The Balaban J connectivity index is 3.80. The second kappa shape index (κ2) is 8.91. The smallest absolute Gasteiger partial charge is 0.306 e. The van der Waals surface area contributed by atoms with Crippen LogP contribution in [0.4, 0.5) is 0 Å². The maximum Gasteiger partial charge on any atom is 0.306 e. The molecule has 1 amide bonds. The van der Waals surface area contributed by atoms with E-state index in [1.807, 2.05) is 13.8 Å². The summed E-state index contributed by atoms with van der Waals surface area (Å²) < 4.78 is 0. The summed E-state index contributed by atoms with van der Waals surface area (Å²) in [7, 11) is 0. The highest BCUT2D eigenvalue weighted by molar-refractivity contribution is 5.78. The van der Waals surface area contributed by atoms with Crippen molar-refractivity contribution >= 4 is 11.9 Å². The van der Waals surface area contributed by atoms with Crippen LogP contribution in [0.3, 0.4) is 0 Å². The van der Waals surface area contributed by atoms with Gasteiger partial charge in [-0.2, -0.15) is 0 Å². The molecule has 0 saturated carbocycles. The van der Waals surface area contributed by atoms with Crippen LogP contribution in [0.25, 0.3) is 0 Å². The lowest BCUT2D eigenvalue weighted by molar-refractivity contribution is -0.141. The van der Waals surface area contributed by atoms with E-state index in [4.69, 9.17) is 10.8 Å². The van der Waals surface area contributed by atoms with Crippen molar-refractivity contribution in [2.45, 2.75) is 52.5 Å². The zero-order valence-electron chi connectivity index (χ0n) is 11.6. The highest BCUT2D eigenvalue weighted by Crippen LogP contribution is 2.10. The minimum absolute atomic E-state index is 0.0271. The molecule has 0 heterocycles. The van der Waals surface area contributed by atoms with Gasteiger partial charge in [0.2, 0.25) is 5.91 Å². The van der Waals surface area contributed by atoms with Gasteiger partial charge in [0, 0.05) is 12.0 Å².